The summed E-state index contributed by atoms with van der Waals surface area (Å²) >= 11 is 0. The first kappa shape index (κ1) is 19.7. The first-order valence-electron chi connectivity index (χ1n) is 9.45. The summed E-state index contributed by atoms with van der Waals surface area (Å²) in [5.41, 5.74) is 0.391. The summed E-state index contributed by atoms with van der Waals surface area (Å²) in [4.78, 5) is 30.6. The maximum Gasteiger partial charge on any atom is 0.260 e. The van der Waals surface area contributed by atoms with Gasteiger partial charge in [-0.2, -0.15) is 0 Å². The number of carbonyl (C=O) groups is 2. The van der Waals surface area contributed by atoms with Gasteiger partial charge in [0.05, 0.1) is 0 Å². The van der Waals surface area contributed by atoms with E-state index in [4.69, 9.17) is 4.74 Å². The van der Waals surface area contributed by atoms with E-state index in [1.807, 2.05) is 4.90 Å². The molecule has 1 saturated heterocycles. The zero-order chi connectivity index (χ0) is 20.1. The number of ether oxygens (including phenoxy) is 1. The molecule has 0 aliphatic carbocycles. The van der Waals surface area contributed by atoms with Crippen molar-refractivity contribution in [3.8, 4) is 11.5 Å². The van der Waals surface area contributed by atoms with E-state index in [0.717, 1.165) is 19.3 Å². The SMILES string of the molecule is C[C@@H]1CCC[C@H](C)N1C(=O)COc1ccc(C(=O)Nc2ncccc2O)cc1. The van der Waals surface area contributed by atoms with Crippen LogP contribution in [0.25, 0.3) is 0 Å². The summed E-state index contributed by atoms with van der Waals surface area (Å²) in [6.45, 7) is 4.11. The third kappa shape index (κ3) is 4.60. The number of pyridine rings is 1. The number of piperidine rings is 1. The lowest BCUT2D eigenvalue weighted by molar-refractivity contribution is -0.139. The van der Waals surface area contributed by atoms with E-state index in [-0.39, 0.29) is 36.2 Å². The van der Waals surface area contributed by atoms with Gasteiger partial charge < -0.3 is 20.1 Å². The minimum Gasteiger partial charge on any atom is -0.504 e. The van der Waals surface area contributed by atoms with E-state index in [1.54, 1.807) is 30.3 Å². The van der Waals surface area contributed by atoms with Crippen LogP contribution >= 0.6 is 0 Å². The zero-order valence-electron chi connectivity index (χ0n) is 16.1. The largest absolute Gasteiger partial charge is 0.504 e. The van der Waals surface area contributed by atoms with Gasteiger partial charge in [0.1, 0.15) is 5.75 Å². The van der Waals surface area contributed by atoms with Crippen LogP contribution in [0.15, 0.2) is 42.6 Å². The van der Waals surface area contributed by atoms with Crippen molar-refractivity contribution in [3.05, 3.63) is 48.2 Å². The number of carbonyl (C=O) groups excluding carboxylic acids is 2. The molecule has 1 aromatic carbocycles. The van der Waals surface area contributed by atoms with E-state index in [1.165, 1.54) is 12.3 Å². The van der Waals surface area contributed by atoms with Crippen LogP contribution in [0.4, 0.5) is 5.82 Å². The fourth-order valence-corrected chi connectivity index (χ4v) is 3.51. The molecule has 148 valence electrons. The quantitative estimate of drug-likeness (QED) is 0.827. The van der Waals surface area contributed by atoms with Crippen molar-refractivity contribution >= 4 is 17.6 Å². The number of benzene rings is 1. The second kappa shape index (κ2) is 8.73. The van der Waals surface area contributed by atoms with Crippen LogP contribution in [-0.2, 0) is 4.79 Å². The van der Waals surface area contributed by atoms with Gasteiger partial charge in [0.2, 0.25) is 0 Å². The highest BCUT2D eigenvalue weighted by molar-refractivity contribution is 6.04. The smallest absolute Gasteiger partial charge is 0.260 e. The molecule has 7 heteroatoms. The van der Waals surface area contributed by atoms with Crippen molar-refractivity contribution in [2.45, 2.75) is 45.2 Å². The Morgan fingerprint density at radius 1 is 1.18 bits per heavy atom. The van der Waals surface area contributed by atoms with Crippen molar-refractivity contribution in [2.24, 2.45) is 0 Å². The fraction of sp³-hybridized carbons (Fsp3) is 0.381. The first-order chi connectivity index (χ1) is 13.5. The maximum atomic E-state index is 12.5. The number of nitrogens with zero attached hydrogens (tertiary/aromatic N) is 2. The molecule has 2 aromatic rings. The topological polar surface area (TPSA) is 91.8 Å². The average molecular weight is 383 g/mol. The summed E-state index contributed by atoms with van der Waals surface area (Å²) < 4.78 is 5.61. The average Bonchev–Trinajstić information content (AvgIpc) is 2.68. The fourth-order valence-electron chi connectivity index (χ4n) is 3.51. The minimum absolute atomic E-state index is 0.0212. The molecule has 2 N–H and O–H groups in total. The zero-order valence-corrected chi connectivity index (χ0v) is 16.1. The molecule has 28 heavy (non-hydrogen) atoms. The van der Waals surface area contributed by atoms with Gasteiger partial charge in [-0.05, 0) is 69.5 Å². The molecule has 3 rings (SSSR count). The lowest BCUT2D eigenvalue weighted by Gasteiger charge is -2.38. The normalized spacial score (nSPS) is 19.1. The van der Waals surface area contributed by atoms with Crippen LogP contribution in [0, 0.1) is 0 Å². The molecule has 2 heterocycles. The molecule has 1 aliphatic rings. The summed E-state index contributed by atoms with van der Waals surface area (Å²) in [6, 6.07) is 9.96. The summed E-state index contributed by atoms with van der Waals surface area (Å²) in [5.74, 6) is 0.0984. The highest BCUT2D eigenvalue weighted by Gasteiger charge is 2.28. The highest BCUT2D eigenvalue weighted by Crippen LogP contribution is 2.23. The molecule has 0 spiro atoms. The number of amides is 2. The monoisotopic (exact) mass is 383 g/mol. The Bertz CT molecular complexity index is 828. The Labute approximate surface area is 164 Å². The standard InChI is InChI=1S/C21H25N3O4/c1-14-5-3-6-15(2)24(14)19(26)13-28-17-10-8-16(9-11-17)21(27)23-20-18(25)7-4-12-22-20/h4,7-12,14-15,25H,3,5-6,13H2,1-2H3,(H,22,23,27)/t14-,15+. The van der Waals surface area contributed by atoms with Crippen molar-refractivity contribution in [1.29, 1.82) is 0 Å². The van der Waals surface area contributed by atoms with Crippen LogP contribution in [-0.4, -0.2) is 45.5 Å². The molecule has 1 aromatic heterocycles. The van der Waals surface area contributed by atoms with E-state index < -0.39 is 5.91 Å². The predicted octanol–water partition coefficient (Wildman–Crippen LogP) is 3.21. The van der Waals surface area contributed by atoms with Crippen LogP contribution < -0.4 is 10.1 Å². The van der Waals surface area contributed by atoms with E-state index in [9.17, 15) is 14.7 Å². The number of hydrogen-bond acceptors (Lipinski definition) is 5. The number of anilines is 1. The summed E-state index contributed by atoms with van der Waals surface area (Å²) in [6.07, 6.45) is 4.66. The summed E-state index contributed by atoms with van der Waals surface area (Å²) in [5, 5.41) is 12.2. The van der Waals surface area contributed by atoms with Gasteiger partial charge in [0, 0.05) is 23.8 Å². The Balaban J connectivity index is 1.56. The Hall–Kier alpha value is -3.09. The van der Waals surface area contributed by atoms with Crippen LogP contribution in [0.2, 0.25) is 0 Å². The first-order valence-corrected chi connectivity index (χ1v) is 9.45. The highest BCUT2D eigenvalue weighted by atomic mass is 16.5. The number of nitrogens with one attached hydrogen (secondary N) is 1. The van der Waals surface area contributed by atoms with E-state index in [0.29, 0.717) is 11.3 Å². The van der Waals surface area contributed by atoms with Crippen molar-refractivity contribution < 1.29 is 19.4 Å². The Kier molecular flexibility index (Phi) is 6.13. The minimum atomic E-state index is -0.396. The second-order valence-electron chi connectivity index (χ2n) is 7.07. The van der Waals surface area contributed by atoms with Gasteiger partial charge in [0.15, 0.2) is 18.2 Å². The molecule has 2 atom stereocenters. The number of aromatic nitrogens is 1. The van der Waals surface area contributed by atoms with Crippen LogP contribution in [0.1, 0.15) is 43.5 Å². The third-order valence-corrected chi connectivity index (χ3v) is 4.98. The molecular weight excluding hydrogens is 358 g/mol. The van der Waals surface area contributed by atoms with Gasteiger partial charge in [0.25, 0.3) is 11.8 Å². The molecule has 1 aliphatic heterocycles. The van der Waals surface area contributed by atoms with E-state index in [2.05, 4.69) is 24.1 Å². The van der Waals surface area contributed by atoms with Crippen molar-refractivity contribution in [1.82, 2.24) is 9.88 Å². The van der Waals surface area contributed by atoms with Crippen molar-refractivity contribution in [3.63, 3.8) is 0 Å². The lowest BCUT2D eigenvalue weighted by atomic mass is 9.97. The van der Waals surface area contributed by atoms with Gasteiger partial charge >= 0.3 is 0 Å². The number of rotatable bonds is 5. The molecule has 0 bridgehead atoms. The van der Waals surface area contributed by atoms with Crippen LogP contribution in [0.5, 0.6) is 11.5 Å². The molecule has 0 radical (unpaired) electrons. The van der Waals surface area contributed by atoms with E-state index >= 15 is 0 Å². The lowest BCUT2D eigenvalue weighted by Crippen LogP contribution is -2.49. The van der Waals surface area contributed by atoms with Gasteiger partial charge in [-0.15, -0.1) is 0 Å². The molecular formula is C21H25N3O4. The van der Waals surface area contributed by atoms with Crippen LogP contribution in [0.3, 0.4) is 0 Å². The molecule has 1 fully saturated rings. The predicted molar refractivity (Wildman–Crippen MR) is 105 cm³/mol. The number of hydrogen-bond donors (Lipinski definition) is 2. The van der Waals surface area contributed by atoms with Gasteiger partial charge in [-0.1, -0.05) is 0 Å². The van der Waals surface area contributed by atoms with Crippen molar-refractivity contribution in [2.75, 3.05) is 11.9 Å². The van der Waals surface area contributed by atoms with Gasteiger partial charge in [-0.25, -0.2) is 4.98 Å². The molecule has 0 saturated carbocycles. The van der Waals surface area contributed by atoms with Gasteiger partial charge in [-0.3, -0.25) is 9.59 Å². The maximum absolute atomic E-state index is 12.5. The molecule has 0 unspecified atom stereocenters. The number of likely N-dealkylation sites (tertiary alicyclic amines) is 1. The molecule has 2 amide bonds. The number of aromatic hydroxyl groups is 1. The Morgan fingerprint density at radius 2 is 1.86 bits per heavy atom. The molecule has 7 nitrogen and oxygen atoms in total. The second-order valence-corrected chi connectivity index (χ2v) is 7.07. The summed E-state index contributed by atoms with van der Waals surface area (Å²) in [7, 11) is 0. The Morgan fingerprint density at radius 3 is 2.50 bits per heavy atom. The third-order valence-electron chi connectivity index (χ3n) is 4.98.